The molecule has 108 valence electrons. The molecule has 0 saturated heterocycles. The molecule has 2 nitrogen and oxygen atoms in total. The average Bonchev–Trinajstić information content (AvgIpc) is 3.35. The molecule has 0 amide bonds. The van der Waals surface area contributed by atoms with E-state index in [-0.39, 0.29) is 0 Å². The average molecular weight is 278 g/mol. The molecule has 4 rings (SSSR count). The molecular weight excluding hydrogens is 256 g/mol. The van der Waals surface area contributed by atoms with E-state index in [4.69, 9.17) is 4.98 Å². The summed E-state index contributed by atoms with van der Waals surface area (Å²) in [5.41, 5.74) is 6.00. The largest absolute Gasteiger partial charge is 0.304 e. The fourth-order valence-corrected chi connectivity index (χ4v) is 2.72. The van der Waals surface area contributed by atoms with Gasteiger partial charge in [0.1, 0.15) is 5.65 Å². The highest BCUT2D eigenvalue weighted by Gasteiger charge is 2.23. The number of hydrogen-bond acceptors (Lipinski definition) is 1. The monoisotopic (exact) mass is 278 g/mol. The van der Waals surface area contributed by atoms with Gasteiger partial charge in [-0.25, -0.2) is 4.98 Å². The van der Waals surface area contributed by atoms with Gasteiger partial charge in [-0.2, -0.15) is 0 Å². The Hall–Kier alpha value is -2.09. The zero-order chi connectivity index (χ0) is 14.8. The standard InChI is InChI=1S/C17H16N2.C2H6/c1-12-17(18-16-4-2-3-11-19(12)16)15-9-7-14(8-10-15)13-5-6-13;1-2/h2-4,7-11,13H,5-6H2,1H3;1-2H3. The van der Waals surface area contributed by atoms with Gasteiger partial charge in [-0.05, 0) is 43.4 Å². The number of aromatic nitrogens is 2. The molecule has 0 aliphatic heterocycles. The predicted molar refractivity (Wildman–Crippen MR) is 88.7 cm³/mol. The van der Waals surface area contributed by atoms with Crippen LogP contribution in [-0.2, 0) is 0 Å². The molecule has 0 N–H and O–H groups in total. The van der Waals surface area contributed by atoms with E-state index in [1.807, 2.05) is 26.0 Å². The predicted octanol–water partition coefficient (Wildman–Crippen LogP) is 5.21. The highest BCUT2D eigenvalue weighted by atomic mass is 15.0. The maximum Gasteiger partial charge on any atom is 0.137 e. The van der Waals surface area contributed by atoms with Gasteiger partial charge in [-0.15, -0.1) is 0 Å². The second-order valence-electron chi connectivity index (χ2n) is 5.37. The molecule has 21 heavy (non-hydrogen) atoms. The summed E-state index contributed by atoms with van der Waals surface area (Å²) in [6.45, 7) is 6.13. The van der Waals surface area contributed by atoms with Crippen molar-refractivity contribution in [3.63, 3.8) is 0 Å². The lowest BCUT2D eigenvalue weighted by Crippen LogP contribution is -1.86. The van der Waals surface area contributed by atoms with Crippen molar-refractivity contribution in [3.8, 4) is 11.3 Å². The number of pyridine rings is 1. The van der Waals surface area contributed by atoms with Crippen LogP contribution in [0.15, 0.2) is 48.7 Å². The summed E-state index contributed by atoms with van der Waals surface area (Å²) in [6, 6.07) is 15.1. The summed E-state index contributed by atoms with van der Waals surface area (Å²) >= 11 is 0. The van der Waals surface area contributed by atoms with Gasteiger partial charge in [0.25, 0.3) is 0 Å². The first-order valence-electron chi connectivity index (χ1n) is 7.87. The van der Waals surface area contributed by atoms with E-state index in [2.05, 4.69) is 47.9 Å². The molecule has 2 heterocycles. The van der Waals surface area contributed by atoms with Crippen molar-refractivity contribution in [1.29, 1.82) is 0 Å². The van der Waals surface area contributed by atoms with Gasteiger partial charge in [0, 0.05) is 17.5 Å². The fraction of sp³-hybridized carbons (Fsp3) is 0.316. The Morgan fingerprint density at radius 3 is 2.33 bits per heavy atom. The molecule has 2 heteroatoms. The Balaban J connectivity index is 0.000000636. The van der Waals surface area contributed by atoms with Crippen LogP contribution >= 0.6 is 0 Å². The van der Waals surface area contributed by atoms with Crippen molar-refractivity contribution >= 4 is 5.65 Å². The summed E-state index contributed by atoms with van der Waals surface area (Å²) in [5, 5.41) is 0. The van der Waals surface area contributed by atoms with Crippen molar-refractivity contribution in [3.05, 3.63) is 59.9 Å². The third kappa shape index (κ3) is 2.58. The van der Waals surface area contributed by atoms with Crippen LogP contribution in [0, 0.1) is 6.92 Å². The zero-order valence-corrected chi connectivity index (χ0v) is 13.0. The maximum atomic E-state index is 4.74. The molecule has 0 spiro atoms. The first kappa shape index (κ1) is 13.9. The highest BCUT2D eigenvalue weighted by Crippen LogP contribution is 2.40. The maximum absolute atomic E-state index is 4.74. The molecule has 0 radical (unpaired) electrons. The molecule has 0 atom stereocenters. The molecule has 0 unspecified atom stereocenters. The van der Waals surface area contributed by atoms with Gasteiger partial charge in [-0.1, -0.05) is 44.2 Å². The van der Waals surface area contributed by atoms with E-state index in [0.29, 0.717) is 0 Å². The number of nitrogens with zero attached hydrogens (tertiary/aromatic N) is 2. The number of aryl methyl sites for hydroxylation is 1. The minimum Gasteiger partial charge on any atom is -0.304 e. The first-order chi connectivity index (χ1) is 10.3. The van der Waals surface area contributed by atoms with Crippen molar-refractivity contribution in [2.45, 2.75) is 39.5 Å². The van der Waals surface area contributed by atoms with Gasteiger partial charge >= 0.3 is 0 Å². The minimum atomic E-state index is 0.816. The third-order valence-corrected chi connectivity index (χ3v) is 4.00. The van der Waals surface area contributed by atoms with Crippen molar-refractivity contribution in [2.75, 3.05) is 0 Å². The summed E-state index contributed by atoms with van der Waals surface area (Å²) in [4.78, 5) is 4.74. The summed E-state index contributed by atoms with van der Waals surface area (Å²) in [6.07, 6.45) is 4.78. The molecule has 1 aliphatic rings. The molecule has 1 aromatic carbocycles. The van der Waals surface area contributed by atoms with E-state index in [1.165, 1.54) is 29.7 Å². The topological polar surface area (TPSA) is 17.3 Å². The van der Waals surface area contributed by atoms with Crippen LogP contribution in [0.25, 0.3) is 16.9 Å². The second kappa shape index (κ2) is 5.72. The van der Waals surface area contributed by atoms with Crippen LogP contribution in [0.1, 0.15) is 43.9 Å². The van der Waals surface area contributed by atoms with Crippen molar-refractivity contribution in [1.82, 2.24) is 9.38 Å². The Morgan fingerprint density at radius 2 is 1.71 bits per heavy atom. The van der Waals surface area contributed by atoms with E-state index in [0.717, 1.165) is 17.3 Å². The molecule has 3 aromatic rings. The van der Waals surface area contributed by atoms with E-state index in [9.17, 15) is 0 Å². The lowest BCUT2D eigenvalue weighted by Gasteiger charge is -2.02. The van der Waals surface area contributed by atoms with Crippen molar-refractivity contribution < 1.29 is 0 Å². The Bertz CT molecular complexity index is 734. The van der Waals surface area contributed by atoms with Gasteiger partial charge in [-0.3, -0.25) is 0 Å². The lowest BCUT2D eigenvalue weighted by atomic mass is 10.1. The number of benzene rings is 1. The molecular formula is C19H22N2. The van der Waals surface area contributed by atoms with Crippen LogP contribution in [0.2, 0.25) is 0 Å². The van der Waals surface area contributed by atoms with Gasteiger partial charge in [0.15, 0.2) is 0 Å². The normalized spacial score (nSPS) is 13.9. The smallest absolute Gasteiger partial charge is 0.137 e. The summed E-state index contributed by atoms with van der Waals surface area (Å²) in [5.74, 6) is 0.816. The SMILES string of the molecule is CC.Cc1c(-c2ccc(C3CC3)cc2)nc2ccccn12. The van der Waals surface area contributed by atoms with Gasteiger partial charge in [0.05, 0.1) is 5.69 Å². The van der Waals surface area contributed by atoms with E-state index in [1.54, 1.807) is 0 Å². The number of imidazole rings is 1. The minimum absolute atomic E-state index is 0.816. The number of hydrogen-bond donors (Lipinski definition) is 0. The Morgan fingerprint density at radius 1 is 1.00 bits per heavy atom. The van der Waals surface area contributed by atoms with Crippen LogP contribution in [0.4, 0.5) is 0 Å². The van der Waals surface area contributed by atoms with Crippen LogP contribution in [0.3, 0.4) is 0 Å². The lowest BCUT2D eigenvalue weighted by molar-refractivity contribution is 1.11. The quantitative estimate of drug-likeness (QED) is 0.628. The van der Waals surface area contributed by atoms with Crippen LogP contribution < -0.4 is 0 Å². The van der Waals surface area contributed by atoms with Gasteiger partial charge < -0.3 is 4.40 Å². The number of fused-ring (bicyclic) bond motifs is 1. The van der Waals surface area contributed by atoms with E-state index < -0.39 is 0 Å². The van der Waals surface area contributed by atoms with E-state index >= 15 is 0 Å². The van der Waals surface area contributed by atoms with Crippen LogP contribution in [0.5, 0.6) is 0 Å². The summed E-state index contributed by atoms with van der Waals surface area (Å²) < 4.78 is 2.14. The second-order valence-corrected chi connectivity index (χ2v) is 5.37. The molecule has 1 aliphatic carbocycles. The highest BCUT2D eigenvalue weighted by molar-refractivity contribution is 5.66. The Kier molecular flexibility index (Phi) is 3.78. The number of rotatable bonds is 2. The molecule has 1 saturated carbocycles. The fourth-order valence-electron chi connectivity index (χ4n) is 2.72. The molecule has 1 fully saturated rings. The van der Waals surface area contributed by atoms with Crippen LogP contribution in [-0.4, -0.2) is 9.38 Å². The first-order valence-corrected chi connectivity index (χ1v) is 7.87. The van der Waals surface area contributed by atoms with Crippen molar-refractivity contribution in [2.24, 2.45) is 0 Å². The zero-order valence-electron chi connectivity index (χ0n) is 13.0. The molecule has 2 aromatic heterocycles. The Labute approximate surface area is 126 Å². The van der Waals surface area contributed by atoms with Gasteiger partial charge in [0.2, 0.25) is 0 Å². The summed E-state index contributed by atoms with van der Waals surface area (Å²) in [7, 11) is 0. The third-order valence-electron chi connectivity index (χ3n) is 4.00. The molecule has 0 bridgehead atoms.